The molecule has 0 aliphatic rings. The van der Waals surface area contributed by atoms with E-state index in [2.05, 4.69) is 10.3 Å². The maximum Gasteiger partial charge on any atom is 0.227 e. The van der Waals surface area contributed by atoms with E-state index < -0.39 is 10.8 Å². The summed E-state index contributed by atoms with van der Waals surface area (Å²) >= 11 is 1.39. The third-order valence-electron chi connectivity index (χ3n) is 2.65. The number of carbonyl (C=O) groups is 1. The Hall–Kier alpha value is -1.47. The molecule has 2 aromatic rings. The minimum absolute atomic E-state index is 0.151. The Morgan fingerprint density at radius 3 is 3.00 bits per heavy atom. The van der Waals surface area contributed by atoms with Gasteiger partial charge in [-0.2, -0.15) is 0 Å². The zero-order valence-corrected chi connectivity index (χ0v) is 12.9. The van der Waals surface area contributed by atoms with Crippen LogP contribution >= 0.6 is 11.3 Å². The van der Waals surface area contributed by atoms with Gasteiger partial charge in [0.1, 0.15) is 0 Å². The number of hydrogen-bond acceptors (Lipinski definition) is 5. The predicted molar refractivity (Wildman–Crippen MR) is 85.4 cm³/mol. The number of nitrogens with zero attached hydrogens (tertiary/aromatic N) is 1. The number of fused-ring (bicyclic) bond motifs is 1. The molecule has 5 nitrogen and oxygen atoms in total. The summed E-state index contributed by atoms with van der Waals surface area (Å²) in [5.41, 5.74) is 7.19. The van der Waals surface area contributed by atoms with Gasteiger partial charge in [-0.25, -0.2) is 4.98 Å². The molecule has 0 bridgehead atoms. The van der Waals surface area contributed by atoms with Crippen molar-refractivity contribution in [1.82, 2.24) is 4.98 Å². The predicted octanol–water partition coefficient (Wildman–Crippen LogP) is 2.37. The first-order valence-corrected chi connectivity index (χ1v) is 8.70. The second-order valence-corrected chi connectivity index (χ2v) is 7.12. The van der Waals surface area contributed by atoms with Crippen LogP contribution in [0.4, 0.5) is 10.8 Å². The molecule has 20 heavy (non-hydrogen) atoms. The van der Waals surface area contributed by atoms with Gasteiger partial charge in [-0.15, -0.1) is 0 Å². The fourth-order valence-corrected chi connectivity index (χ4v) is 3.72. The highest BCUT2D eigenvalue weighted by atomic mass is 32.2. The first-order valence-electron chi connectivity index (χ1n) is 6.39. The van der Waals surface area contributed by atoms with E-state index in [0.717, 1.165) is 16.6 Å². The summed E-state index contributed by atoms with van der Waals surface area (Å²) < 4.78 is 12.4. The molecule has 0 spiro atoms. The van der Waals surface area contributed by atoms with E-state index in [0.29, 0.717) is 22.3 Å². The van der Waals surface area contributed by atoms with Crippen LogP contribution in [0.2, 0.25) is 0 Å². The van der Waals surface area contributed by atoms with Crippen LogP contribution in [-0.2, 0) is 15.6 Å². The van der Waals surface area contributed by atoms with E-state index in [4.69, 9.17) is 5.73 Å². The number of nitrogens with two attached hydrogens (primary N) is 1. The van der Waals surface area contributed by atoms with Gasteiger partial charge in [0.2, 0.25) is 5.91 Å². The van der Waals surface area contributed by atoms with E-state index in [-0.39, 0.29) is 12.3 Å². The van der Waals surface area contributed by atoms with Crippen molar-refractivity contribution in [3.05, 3.63) is 18.2 Å². The summed E-state index contributed by atoms with van der Waals surface area (Å²) in [5.74, 6) is 0.895. The summed E-state index contributed by atoms with van der Waals surface area (Å²) in [4.78, 5) is 16.1. The van der Waals surface area contributed by atoms with Gasteiger partial charge in [-0.05, 0) is 24.6 Å². The van der Waals surface area contributed by atoms with E-state index in [1.54, 1.807) is 6.07 Å². The molecule has 1 heterocycles. The number of nitrogens with one attached hydrogen (secondary N) is 1. The molecule has 0 aliphatic heterocycles. The van der Waals surface area contributed by atoms with Crippen LogP contribution in [0.3, 0.4) is 0 Å². The third-order valence-corrected chi connectivity index (χ3v) is 5.10. The zero-order valence-electron chi connectivity index (χ0n) is 11.2. The van der Waals surface area contributed by atoms with Crippen LogP contribution in [0.15, 0.2) is 18.2 Å². The number of anilines is 2. The van der Waals surface area contributed by atoms with E-state index in [1.165, 1.54) is 11.3 Å². The minimum atomic E-state index is -0.911. The van der Waals surface area contributed by atoms with Crippen LogP contribution in [0.1, 0.15) is 19.8 Å². The Labute approximate surface area is 124 Å². The fourth-order valence-electron chi connectivity index (χ4n) is 1.71. The van der Waals surface area contributed by atoms with Crippen molar-refractivity contribution in [2.24, 2.45) is 0 Å². The Bertz CT molecular complexity index is 640. The van der Waals surface area contributed by atoms with Gasteiger partial charge >= 0.3 is 0 Å². The molecule has 0 fully saturated rings. The Morgan fingerprint density at radius 2 is 2.25 bits per heavy atom. The van der Waals surface area contributed by atoms with Crippen LogP contribution < -0.4 is 11.1 Å². The van der Waals surface area contributed by atoms with Gasteiger partial charge in [0.05, 0.1) is 10.2 Å². The molecular formula is C13H17N3O2S2. The lowest BCUT2D eigenvalue weighted by atomic mass is 10.3. The second kappa shape index (κ2) is 6.81. The summed E-state index contributed by atoms with van der Waals surface area (Å²) in [5, 5.41) is 3.29. The van der Waals surface area contributed by atoms with E-state index >= 15 is 0 Å². The fraction of sp³-hybridized carbons (Fsp3) is 0.385. The Morgan fingerprint density at radius 1 is 1.45 bits per heavy atom. The lowest BCUT2D eigenvalue weighted by Crippen LogP contribution is -2.15. The van der Waals surface area contributed by atoms with Crippen molar-refractivity contribution in [3.63, 3.8) is 0 Å². The van der Waals surface area contributed by atoms with Crippen molar-refractivity contribution < 1.29 is 9.00 Å². The van der Waals surface area contributed by atoms with Gasteiger partial charge in [0.15, 0.2) is 5.13 Å². The number of benzene rings is 1. The topological polar surface area (TPSA) is 85.1 Å². The molecule has 1 atom stereocenters. The first-order chi connectivity index (χ1) is 9.58. The van der Waals surface area contributed by atoms with Crippen molar-refractivity contribution in [2.45, 2.75) is 19.8 Å². The molecule has 0 saturated heterocycles. The summed E-state index contributed by atoms with van der Waals surface area (Å²) in [7, 11) is -0.911. The summed E-state index contributed by atoms with van der Waals surface area (Å²) in [6, 6.07) is 5.44. The number of rotatable bonds is 6. The average molecular weight is 311 g/mol. The smallest absolute Gasteiger partial charge is 0.227 e. The maximum absolute atomic E-state index is 11.8. The Balaban J connectivity index is 1.94. The summed E-state index contributed by atoms with van der Waals surface area (Å²) in [6.07, 6.45) is 1.12. The van der Waals surface area contributed by atoms with Crippen LogP contribution in [0.25, 0.3) is 10.2 Å². The van der Waals surface area contributed by atoms with Gasteiger partial charge in [-0.3, -0.25) is 9.00 Å². The number of thiazole rings is 1. The molecule has 1 aromatic carbocycles. The molecule has 2 rings (SSSR count). The highest BCUT2D eigenvalue weighted by molar-refractivity contribution is 7.84. The number of nitrogen functional groups attached to an aromatic ring is 1. The quantitative estimate of drug-likeness (QED) is 0.802. The van der Waals surface area contributed by atoms with E-state index in [1.807, 2.05) is 19.1 Å². The van der Waals surface area contributed by atoms with Crippen molar-refractivity contribution in [1.29, 1.82) is 0 Å². The Kier molecular flexibility index (Phi) is 5.08. The van der Waals surface area contributed by atoms with Crippen molar-refractivity contribution in [2.75, 3.05) is 22.6 Å². The molecule has 0 aliphatic carbocycles. The average Bonchev–Trinajstić information content (AvgIpc) is 2.78. The van der Waals surface area contributed by atoms with Crippen LogP contribution in [-0.4, -0.2) is 26.6 Å². The standard InChI is InChI=1S/C13H17N3O2S2/c1-2-6-20(18)7-5-12(17)16-13-15-10-4-3-9(14)8-11(10)19-13/h3-4,8H,2,5-7,14H2,1H3,(H,15,16,17). The monoisotopic (exact) mass is 311 g/mol. The first kappa shape index (κ1) is 14.9. The van der Waals surface area contributed by atoms with Crippen LogP contribution in [0, 0.1) is 0 Å². The highest BCUT2D eigenvalue weighted by Gasteiger charge is 2.09. The third kappa shape index (κ3) is 4.01. The SMILES string of the molecule is CCCS(=O)CCC(=O)Nc1nc2ccc(N)cc2s1. The molecule has 7 heteroatoms. The van der Waals surface area contributed by atoms with Gasteiger partial charge in [0, 0.05) is 34.4 Å². The normalized spacial score (nSPS) is 12.4. The van der Waals surface area contributed by atoms with Gasteiger partial charge in [-0.1, -0.05) is 18.3 Å². The second-order valence-electron chi connectivity index (χ2n) is 4.39. The molecule has 0 radical (unpaired) electrons. The molecule has 1 aromatic heterocycles. The molecule has 1 unspecified atom stereocenters. The minimum Gasteiger partial charge on any atom is -0.399 e. The number of hydrogen-bond donors (Lipinski definition) is 2. The number of amides is 1. The number of carbonyl (C=O) groups excluding carboxylic acids is 1. The highest BCUT2D eigenvalue weighted by Crippen LogP contribution is 2.27. The van der Waals surface area contributed by atoms with E-state index in [9.17, 15) is 9.00 Å². The maximum atomic E-state index is 11.8. The summed E-state index contributed by atoms with van der Waals surface area (Å²) in [6.45, 7) is 1.98. The lowest BCUT2D eigenvalue weighted by Gasteiger charge is -2.01. The van der Waals surface area contributed by atoms with Gasteiger partial charge in [0.25, 0.3) is 0 Å². The largest absolute Gasteiger partial charge is 0.399 e. The van der Waals surface area contributed by atoms with Crippen molar-refractivity contribution >= 4 is 49.1 Å². The zero-order chi connectivity index (χ0) is 14.5. The van der Waals surface area contributed by atoms with Gasteiger partial charge < -0.3 is 11.1 Å². The van der Waals surface area contributed by atoms with Crippen LogP contribution in [0.5, 0.6) is 0 Å². The lowest BCUT2D eigenvalue weighted by molar-refractivity contribution is -0.115. The number of aromatic nitrogens is 1. The molecule has 3 N–H and O–H groups in total. The molecular weight excluding hydrogens is 294 g/mol. The molecule has 0 saturated carbocycles. The molecule has 1 amide bonds. The van der Waals surface area contributed by atoms with Crippen molar-refractivity contribution in [3.8, 4) is 0 Å². The molecule has 108 valence electrons.